The maximum absolute atomic E-state index is 6.56. The molecule has 2 unspecified atom stereocenters. The lowest BCUT2D eigenvalue weighted by Gasteiger charge is -2.54. The molecule has 2 heteroatoms. The van der Waals surface area contributed by atoms with Crippen LogP contribution in [0.25, 0.3) is 0 Å². The summed E-state index contributed by atoms with van der Waals surface area (Å²) < 4.78 is 6.38. The molecule has 0 heterocycles. The van der Waals surface area contributed by atoms with Crippen LogP contribution in [0.5, 0.6) is 0 Å². The molecule has 0 aromatic heterocycles. The van der Waals surface area contributed by atoms with Gasteiger partial charge in [-0.25, -0.2) is 0 Å². The fraction of sp³-hybridized carbons (Fsp3) is 1.00. The summed E-state index contributed by atoms with van der Waals surface area (Å²) in [6.07, 6.45) is 15.7. The van der Waals surface area contributed by atoms with Crippen LogP contribution in [0.1, 0.15) is 70.6 Å². The van der Waals surface area contributed by atoms with Gasteiger partial charge in [0.05, 0.1) is 12.2 Å². The molecule has 0 aromatic carbocycles. The normalized spacial score (nSPS) is 37.9. The van der Waals surface area contributed by atoms with E-state index in [0.29, 0.717) is 23.0 Å². The molecule has 17 heavy (non-hydrogen) atoms. The summed E-state index contributed by atoms with van der Waals surface area (Å²) in [6, 6.07) is 0. The highest BCUT2D eigenvalue weighted by Gasteiger charge is 2.55. The molecule has 1 nitrogen and oxygen atoms in total. The minimum atomic E-state index is 0.362. The molecular weight excluding hydrogens is 232 g/mol. The summed E-state index contributed by atoms with van der Waals surface area (Å²) in [7, 11) is 0. The molecule has 0 saturated heterocycles. The first-order valence-electron chi connectivity index (χ1n) is 7.61. The quantitative estimate of drug-likeness (QED) is 0.653. The molecule has 3 aliphatic carbocycles. The summed E-state index contributed by atoms with van der Waals surface area (Å²) in [5.74, 6) is 0. The van der Waals surface area contributed by atoms with E-state index in [0.717, 1.165) is 6.42 Å². The second-order valence-electron chi connectivity index (χ2n) is 6.38. The van der Waals surface area contributed by atoms with Crippen molar-refractivity contribution in [1.29, 1.82) is 0 Å². The molecule has 98 valence electrons. The molecule has 1 spiro atoms. The van der Waals surface area contributed by atoms with Crippen molar-refractivity contribution < 1.29 is 4.74 Å². The average molecular weight is 257 g/mol. The number of rotatable bonds is 2. The Balaban J connectivity index is 1.63. The highest BCUT2D eigenvalue weighted by molar-refractivity contribution is 6.21. The molecule has 2 atom stereocenters. The van der Waals surface area contributed by atoms with Crippen molar-refractivity contribution in [3.8, 4) is 0 Å². The maximum atomic E-state index is 6.56. The van der Waals surface area contributed by atoms with Gasteiger partial charge in [0.2, 0.25) is 0 Å². The third-order valence-corrected chi connectivity index (χ3v) is 5.99. The maximum Gasteiger partial charge on any atom is 0.0663 e. The Labute approximate surface area is 110 Å². The van der Waals surface area contributed by atoms with E-state index in [1.807, 2.05) is 0 Å². The van der Waals surface area contributed by atoms with Gasteiger partial charge in [-0.15, -0.1) is 11.6 Å². The topological polar surface area (TPSA) is 9.23 Å². The number of hydrogen-bond donors (Lipinski definition) is 0. The Morgan fingerprint density at radius 2 is 1.53 bits per heavy atom. The fourth-order valence-corrected chi connectivity index (χ4v) is 4.69. The standard InChI is InChI=1S/C15H25ClO/c16-13-11-14(17-12-7-3-4-8-12)15(13)9-5-1-2-6-10-15/h12-14H,1-11H2. The Kier molecular flexibility index (Phi) is 3.68. The first-order chi connectivity index (χ1) is 8.31. The average Bonchev–Trinajstić information content (AvgIpc) is 2.70. The van der Waals surface area contributed by atoms with Gasteiger partial charge in [-0.05, 0) is 32.1 Å². The molecule has 0 aromatic rings. The number of halogens is 1. The Morgan fingerprint density at radius 3 is 2.12 bits per heavy atom. The van der Waals surface area contributed by atoms with Gasteiger partial charge in [0, 0.05) is 10.8 Å². The van der Waals surface area contributed by atoms with E-state index in [-0.39, 0.29) is 0 Å². The van der Waals surface area contributed by atoms with Crippen molar-refractivity contribution in [3.05, 3.63) is 0 Å². The predicted molar refractivity (Wildman–Crippen MR) is 71.5 cm³/mol. The minimum Gasteiger partial charge on any atom is -0.374 e. The third kappa shape index (κ3) is 2.26. The summed E-state index contributed by atoms with van der Waals surface area (Å²) in [4.78, 5) is 0. The molecular formula is C15H25ClO. The zero-order valence-electron chi connectivity index (χ0n) is 10.8. The van der Waals surface area contributed by atoms with Gasteiger partial charge >= 0.3 is 0 Å². The van der Waals surface area contributed by atoms with E-state index in [1.165, 1.54) is 64.2 Å². The molecule has 0 amide bonds. The van der Waals surface area contributed by atoms with Crippen LogP contribution >= 0.6 is 11.6 Å². The van der Waals surface area contributed by atoms with Crippen LogP contribution in [0.2, 0.25) is 0 Å². The largest absolute Gasteiger partial charge is 0.374 e. The zero-order valence-corrected chi connectivity index (χ0v) is 11.6. The van der Waals surface area contributed by atoms with Crippen LogP contribution in [-0.2, 0) is 4.74 Å². The van der Waals surface area contributed by atoms with E-state index in [9.17, 15) is 0 Å². The second kappa shape index (κ2) is 5.09. The van der Waals surface area contributed by atoms with Crippen LogP contribution in [0.3, 0.4) is 0 Å². The van der Waals surface area contributed by atoms with Crippen molar-refractivity contribution in [2.45, 2.75) is 88.2 Å². The van der Waals surface area contributed by atoms with Crippen molar-refractivity contribution >= 4 is 11.6 Å². The summed E-state index contributed by atoms with van der Waals surface area (Å²) in [5.41, 5.74) is 0.362. The summed E-state index contributed by atoms with van der Waals surface area (Å²) in [5, 5.41) is 0.395. The van der Waals surface area contributed by atoms with Gasteiger partial charge in [0.25, 0.3) is 0 Å². The van der Waals surface area contributed by atoms with Gasteiger partial charge in [0.1, 0.15) is 0 Å². The van der Waals surface area contributed by atoms with E-state index in [2.05, 4.69) is 0 Å². The molecule has 0 radical (unpaired) electrons. The van der Waals surface area contributed by atoms with Crippen LogP contribution in [-0.4, -0.2) is 17.6 Å². The van der Waals surface area contributed by atoms with Crippen LogP contribution < -0.4 is 0 Å². The summed E-state index contributed by atoms with van der Waals surface area (Å²) in [6.45, 7) is 0. The van der Waals surface area contributed by atoms with Gasteiger partial charge in [-0.3, -0.25) is 0 Å². The highest BCUT2D eigenvalue weighted by Crippen LogP contribution is 2.55. The van der Waals surface area contributed by atoms with Crippen molar-refractivity contribution in [3.63, 3.8) is 0 Å². The third-order valence-electron chi connectivity index (χ3n) is 5.38. The van der Waals surface area contributed by atoms with Gasteiger partial charge in [-0.1, -0.05) is 38.5 Å². The smallest absolute Gasteiger partial charge is 0.0663 e. The molecule has 3 aliphatic rings. The Morgan fingerprint density at radius 1 is 0.882 bits per heavy atom. The molecule has 0 bridgehead atoms. The van der Waals surface area contributed by atoms with Gasteiger partial charge in [0.15, 0.2) is 0 Å². The SMILES string of the molecule is ClC1CC(OC2CCCC2)C12CCCCCC2. The minimum absolute atomic E-state index is 0.362. The van der Waals surface area contributed by atoms with Crippen molar-refractivity contribution in [1.82, 2.24) is 0 Å². The van der Waals surface area contributed by atoms with E-state index in [4.69, 9.17) is 16.3 Å². The second-order valence-corrected chi connectivity index (χ2v) is 6.91. The van der Waals surface area contributed by atoms with Crippen LogP contribution in [0.15, 0.2) is 0 Å². The van der Waals surface area contributed by atoms with E-state index >= 15 is 0 Å². The molecule has 3 rings (SSSR count). The lowest BCUT2D eigenvalue weighted by atomic mass is 9.61. The number of hydrogen-bond acceptors (Lipinski definition) is 1. The fourth-order valence-electron chi connectivity index (χ4n) is 4.17. The van der Waals surface area contributed by atoms with E-state index < -0.39 is 0 Å². The molecule has 0 aliphatic heterocycles. The predicted octanol–water partition coefficient (Wildman–Crippen LogP) is 4.67. The first kappa shape index (κ1) is 12.3. The van der Waals surface area contributed by atoms with Crippen LogP contribution in [0.4, 0.5) is 0 Å². The van der Waals surface area contributed by atoms with Crippen LogP contribution in [0, 0.1) is 5.41 Å². The molecule has 0 N–H and O–H groups in total. The van der Waals surface area contributed by atoms with Gasteiger partial charge in [-0.2, -0.15) is 0 Å². The van der Waals surface area contributed by atoms with Gasteiger partial charge < -0.3 is 4.74 Å². The molecule has 3 saturated carbocycles. The van der Waals surface area contributed by atoms with Crippen molar-refractivity contribution in [2.24, 2.45) is 5.41 Å². The first-order valence-corrected chi connectivity index (χ1v) is 8.04. The summed E-state index contributed by atoms with van der Waals surface area (Å²) >= 11 is 6.56. The van der Waals surface area contributed by atoms with E-state index in [1.54, 1.807) is 0 Å². The Hall–Kier alpha value is 0.250. The Bertz CT molecular complexity index is 252. The van der Waals surface area contributed by atoms with Crippen molar-refractivity contribution in [2.75, 3.05) is 0 Å². The highest BCUT2D eigenvalue weighted by atomic mass is 35.5. The monoisotopic (exact) mass is 256 g/mol. The lowest BCUT2D eigenvalue weighted by Crippen LogP contribution is -2.56. The lowest BCUT2D eigenvalue weighted by molar-refractivity contribution is -0.143. The zero-order chi connectivity index (χ0) is 11.7. The number of alkyl halides is 1. The molecule has 3 fully saturated rings. The number of ether oxygens (including phenoxy) is 1.